The van der Waals surface area contributed by atoms with Crippen LogP contribution in [-0.2, 0) is 39.8 Å². The monoisotopic (exact) mass is 810 g/mol. The van der Waals surface area contributed by atoms with Gasteiger partial charge in [-0.05, 0) is 47.8 Å². The zero-order chi connectivity index (χ0) is 32.2. The summed E-state index contributed by atoms with van der Waals surface area (Å²) in [6.45, 7) is 2.81. The van der Waals surface area contributed by atoms with Crippen molar-refractivity contribution in [3.05, 3.63) is 65.0 Å². The van der Waals surface area contributed by atoms with Gasteiger partial charge < -0.3 is 21.3 Å². The normalized spacial score (nSPS) is 15.8. The molecule has 0 saturated heterocycles. The van der Waals surface area contributed by atoms with Crippen LogP contribution < -0.4 is 21.3 Å². The van der Waals surface area contributed by atoms with E-state index in [4.69, 9.17) is 0 Å². The van der Waals surface area contributed by atoms with E-state index in [9.17, 15) is 19.2 Å². The minimum absolute atomic E-state index is 0.0185. The number of nitrogens with one attached hydrogen (secondary N) is 6. The smallest absolute Gasteiger partial charge is 0.255 e. The molecule has 0 radical (unpaired) electrons. The predicted molar refractivity (Wildman–Crippen MR) is 171 cm³/mol. The average Bonchev–Trinajstić information content (AvgIpc) is 3.78. The third-order valence-electron chi connectivity index (χ3n) is 7.23. The van der Waals surface area contributed by atoms with Crippen LogP contribution in [0.15, 0.2) is 20.0 Å². The molecule has 8 heterocycles. The Balaban J connectivity index is 0.000000119. The maximum absolute atomic E-state index is 11.3. The zero-order valence-corrected chi connectivity index (χ0v) is 28.9. The minimum atomic E-state index is -0.0492. The summed E-state index contributed by atoms with van der Waals surface area (Å²) < 4.78 is 5.42. The molecule has 4 aliphatic heterocycles. The molecule has 45 heavy (non-hydrogen) atoms. The van der Waals surface area contributed by atoms with Gasteiger partial charge in [0.1, 0.15) is 13.8 Å². The van der Waals surface area contributed by atoms with Gasteiger partial charge in [0.15, 0.2) is 0 Å². The van der Waals surface area contributed by atoms with Crippen molar-refractivity contribution in [2.45, 2.75) is 25.7 Å². The van der Waals surface area contributed by atoms with Crippen LogP contribution in [0, 0.1) is 0 Å². The second-order valence-corrected chi connectivity index (χ2v) is 12.4. The van der Waals surface area contributed by atoms with Crippen LogP contribution in [0.3, 0.4) is 0 Å². The Morgan fingerprint density at radius 2 is 1.24 bits per heavy atom. The van der Waals surface area contributed by atoms with Gasteiger partial charge in [-0.15, -0.1) is 0 Å². The predicted octanol–water partition coefficient (Wildman–Crippen LogP) is 1.09. The van der Waals surface area contributed by atoms with Gasteiger partial charge in [0.2, 0.25) is 0 Å². The molecule has 0 fully saturated rings. The van der Waals surface area contributed by atoms with Crippen molar-refractivity contribution in [2.24, 2.45) is 14.1 Å². The Morgan fingerprint density at radius 3 is 1.89 bits per heavy atom. The first-order valence-electron chi connectivity index (χ1n) is 13.9. The van der Waals surface area contributed by atoms with E-state index in [1.807, 2.05) is 14.1 Å². The summed E-state index contributed by atoms with van der Waals surface area (Å²) >= 11 is 9.76. The number of aryl methyl sites for hydroxylation is 2. The van der Waals surface area contributed by atoms with Crippen molar-refractivity contribution in [3.8, 4) is 0 Å². The average molecular weight is 813 g/mol. The molecule has 0 saturated carbocycles. The molecule has 4 aromatic heterocycles. The summed E-state index contributed by atoms with van der Waals surface area (Å²) in [4.78, 5) is 44.8. The molecule has 238 valence electrons. The van der Waals surface area contributed by atoms with Crippen LogP contribution in [0.5, 0.6) is 0 Å². The molecule has 16 nitrogen and oxygen atoms in total. The number of fused-ring (bicyclic) bond motifs is 4. The number of nitrogens with zero attached hydrogens (tertiary/aromatic N) is 6. The van der Waals surface area contributed by atoms with Crippen LogP contribution in [0.1, 0.15) is 64.2 Å². The van der Waals surface area contributed by atoms with E-state index >= 15 is 0 Å². The first-order chi connectivity index (χ1) is 21.6. The van der Waals surface area contributed by atoms with E-state index in [0.29, 0.717) is 57.6 Å². The lowest BCUT2D eigenvalue weighted by Crippen LogP contribution is -2.32. The maximum atomic E-state index is 11.3. The second kappa shape index (κ2) is 14.1. The molecule has 6 N–H and O–H groups in total. The van der Waals surface area contributed by atoms with Crippen LogP contribution in [0.25, 0.3) is 0 Å². The number of carbonyl (C=O) groups is 4. The summed E-state index contributed by atoms with van der Waals surface area (Å²) in [6.07, 6.45) is 4.93. The molecule has 4 amide bonds. The van der Waals surface area contributed by atoms with Gasteiger partial charge in [0, 0.05) is 71.7 Å². The van der Waals surface area contributed by atoms with Crippen molar-refractivity contribution >= 4 is 71.4 Å². The van der Waals surface area contributed by atoms with Crippen molar-refractivity contribution in [3.63, 3.8) is 0 Å². The SMILES string of the molecule is Cn1nc(Br)c2c1CCNC2=O.Cn1nc2c(c1Br)C(=O)NCC2.O=C1NCCc2[nH]nc(Br)c21.O=C1NCCc2[nH]ncc21. The molecule has 0 aromatic carbocycles. The lowest BCUT2D eigenvalue weighted by molar-refractivity contribution is 0.0936. The number of hydrogen-bond donors (Lipinski definition) is 6. The van der Waals surface area contributed by atoms with E-state index in [0.717, 1.165) is 53.1 Å². The van der Waals surface area contributed by atoms with Gasteiger partial charge in [0.05, 0.1) is 45.5 Å². The van der Waals surface area contributed by atoms with Gasteiger partial charge in [-0.3, -0.25) is 38.7 Å². The Labute approximate surface area is 281 Å². The van der Waals surface area contributed by atoms with Crippen molar-refractivity contribution in [1.82, 2.24) is 61.2 Å². The molecule has 0 unspecified atom stereocenters. The highest BCUT2D eigenvalue weighted by Gasteiger charge is 2.25. The van der Waals surface area contributed by atoms with Crippen LogP contribution in [-0.4, -0.2) is 89.8 Å². The van der Waals surface area contributed by atoms with E-state index in [1.54, 1.807) is 15.6 Å². The summed E-state index contributed by atoms with van der Waals surface area (Å²) in [7, 11) is 3.66. The Morgan fingerprint density at radius 1 is 0.644 bits per heavy atom. The third kappa shape index (κ3) is 7.04. The van der Waals surface area contributed by atoms with Crippen molar-refractivity contribution in [2.75, 3.05) is 26.2 Å². The largest absolute Gasteiger partial charge is 0.352 e. The Bertz CT molecular complexity index is 1760. The minimum Gasteiger partial charge on any atom is -0.352 e. The van der Waals surface area contributed by atoms with E-state index in [1.165, 1.54) is 0 Å². The fourth-order valence-electron chi connectivity index (χ4n) is 5.00. The third-order valence-corrected chi connectivity index (χ3v) is 9.27. The van der Waals surface area contributed by atoms with Gasteiger partial charge in [-0.25, -0.2) is 0 Å². The molecule has 0 bridgehead atoms. The summed E-state index contributed by atoms with van der Waals surface area (Å²) in [6, 6.07) is 0. The lowest BCUT2D eigenvalue weighted by Gasteiger charge is -2.12. The quantitative estimate of drug-likeness (QED) is 0.151. The number of aromatic nitrogens is 8. The molecule has 4 aromatic rings. The van der Waals surface area contributed by atoms with Gasteiger partial charge in [0.25, 0.3) is 23.6 Å². The maximum Gasteiger partial charge on any atom is 0.255 e. The van der Waals surface area contributed by atoms with Crippen LogP contribution in [0.2, 0.25) is 0 Å². The molecule has 0 aliphatic carbocycles. The zero-order valence-electron chi connectivity index (χ0n) is 24.2. The second-order valence-electron chi connectivity index (χ2n) is 10.1. The van der Waals surface area contributed by atoms with Gasteiger partial charge >= 0.3 is 0 Å². The molecule has 8 rings (SSSR count). The summed E-state index contributed by atoms with van der Waals surface area (Å²) in [5, 5.41) is 32.6. The van der Waals surface area contributed by atoms with Crippen molar-refractivity contribution < 1.29 is 19.2 Å². The number of amides is 4. The molecular formula is C26H29Br3N12O4. The number of halogens is 3. The Kier molecular flexibility index (Phi) is 10.2. The molecule has 19 heteroatoms. The number of carbonyl (C=O) groups excluding carboxylic acids is 4. The van der Waals surface area contributed by atoms with Crippen LogP contribution in [0.4, 0.5) is 0 Å². The fourth-order valence-corrected chi connectivity index (χ4v) is 6.65. The molecule has 0 atom stereocenters. The van der Waals surface area contributed by atoms with E-state index in [-0.39, 0.29) is 23.6 Å². The number of hydrogen-bond acceptors (Lipinski definition) is 8. The van der Waals surface area contributed by atoms with Gasteiger partial charge in [-0.2, -0.15) is 20.4 Å². The standard InChI is InChI=1S/2C7H8BrN3O.C6H6BrN3O.C6H7N3O/c1-11-4-2-3-9-7(12)5(4)6(8)10-11;1-11-6(8)5-4(10-11)2-3-9-7(5)12;7-5-4-3(9-10-5)1-2-8-6(4)11;10-6-4-3-8-9-5(4)1-2-7-6/h2*2-3H2,1H3,(H,9,12);1-2H2,(H,8,11)(H,9,10);3H,1-2H2,(H,7,10)(H,8,9). The number of rotatable bonds is 0. The first kappa shape index (κ1) is 32.6. The number of H-pyrrole nitrogens is 2. The highest BCUT2D eigenvalue weighted by Crippen LogP contribution is 2.23. The highest BCUT2D eigenvalue weighted by molar-refractivity contribution is 9.11. The van der Waals surface area contributed by atoms with E-state index in [2.05, 4.69) is 99.6 Å². The fraction of sp³-hybridized carbons (Fsp3) is 0.385. The summed E-state index contributed by atoms with van der Waals surface area (Å²) in [5.74, 6) is -0.130. The Hall–Kier alpha value is -3.84. The van der Waals surface area contributed by atoms with E-state index < -0.39 is 0 Å². The lowest BCUT2D eigenvalue weighted by atomic mass is 10.1. The first-order valence-corrected chi connectivity index (χ1v) is 16.2. The molecule has 4 aliphatic rings. The topological polar surface area (TPSA) is 209 Å². The summed E-state index contributed by atoms with van der Waals surface area (Å²) in [5.41, 5.74) is 6.46. The van der Waals surface area contributed by atoms with Gasteiger partial charge in [-0.1, -0.05) is 0 Å². The highest BCUT2D eigenvalue weighted by atomic mass is 79.9. The molecule has 0 spiro atoms. The molecular weight excluding hydrogens is 784 g/mol. The van der Waals surface area contributed by atoms with Crippen molar-refractivity contribution in [1.29, 1.82) is 0 Å². The number of aromatic amines is 2. The van der Waals surface area contributed by atoms with Crippen LogP contribution >= 0.6 is 47.8 Å².